The Balaban J connectivity index is 2.35. The molecule has 0 atom stereocenters. The highest BCUT2D eigenvalue weighted by molar-refractivity contribution is 5.97. The molecular weight excluding hydrogens is 256 g/mol. The van der Waals surface area contributed by atoms with Gasteiger partial charge < -0.3 is 21.6 Å². The number of anilines is 1. The average molecular weight is 278 g/mol. The lowest BCUT2D eigenvalue weighted by Gasteiger charge is -2.08. The zero-order chi connectivity index (χ0) is 14.8. The molecule has 6 nitrogen and oxygen atoms in total. The van der Waals surface area contributed by atoms with Crippen LogP contribution in [-0.2, 0) is 0 Å². The van der Waals surface area contributed by atoms with Crippen LogP contribution in [0.3, 0.4) is 0 Å². The molecule has 1 aromatic rings. The summed E-state index contributed by atoms with van der Waals surface area (Å²) in [4.78, 5) is 11.6. The molecular formula is C14H22N4O2. The maximum Gasteiger partial charge on any atom is 0.319 e. The number of urea groups is 1. The summed E-state index contributed by atoms with van der Waals surface area (Å²) in [6.45, 7) is 2.83. The van der Waals surface area contributed by atoms with E-state index in [1.807, 2.05) is 0 Å². The molecule has 1 rings (SSSR count). The number of nitrogens with one attached hydrogen (secondary N) is 2. The minimum absolute atomic E-state index is 0.0388. The summed E-state index contributed by atoms with van der Waals surface area (Å²) in [7, 11) is 0. The van der Waals surface area contributed by atoms with Gasteiger partial charge in [-0.2, -0.15) is 0 Å². The van der Waals surface area contributed by atoms with E-state index in [4.69, 9.17) is 10.9 Å². The van der Waals surface area contributed by atoms with E-state index < -0.39 is 0 Å². The molecule has 0 aliphatic carbocycles. The summed E-state index contributed by atoms with van der Waals surface area (Å²) in [5.41, 5.74) is 6.70. The van der Waals surface area contributed by atoms with Gasteiger partial charge in [-0.3, -0.25) is 0 Å². The fourth-order valence-corrected chi connectivity index (χ4v) is 1.71. The topological polar surface area (TPSA) is 99.7 Å². The summed E-state index contributed by atoms with van der Waals surface area (Å²) in [5, 5.41) is 17.0. The molecule has 0 aliphatic heterocycles. The van der Waals surface area contributed by atoms with E-state index in [-0.39, 0.29) is 11.9 Å². The van der Waals surface area contributed by atoms with Gasteiger partial charge in [0.25, 0.3) is 0 Å². The van der Waals surface area contributed by atoms with Crippen molar-refractivity contribution in [2.45, 2.75) is 32.6 Å². The van der Waals surface area contributed by atoms with Gasteiger partial charge in [0.2, 0.25) is 0 Å². The molecule has 5 N–H and O–H groups in total. The quantitative estimate of drug-likeness (QED) is 0.203. The zero-order valence-corrected chi connectivity index (χ0v) is 11.7. The predicted molar refractivity (Wildman–Crippen MR) is 80.1 cm³/mol. The van der Waals surface area contributed by atoms with E-state index in [0.29, 0.717) is 17.8 Å². The van der Waals surface area contributed by atoms with Gasteiger partial charge in [-0.05, 0) is 30.7 Å². The van der Waals surface area contributed by atoms with Gasteiger partial charge in [0.1, 0.15) is 0 Å². The largest absolute Gasteiger partial charge is 0.409 e. The van der Waals surface area contributed by atoms with Crippen LogP contribution in [0.25, 0.3) is 0 Å². The number of unbranched alkanes of at least 4 members (excludes halogenated alkanes) is 3. The molecule has 0 radical (unpaired) electrons. The van der Waals surface area contributed by atoms with Crippen molar-refractivity contribution in [2.24, 2.45) is 10.9 Å². The predicted octanol–water partition coefficient (Wildman–Crippen LogP) is 2.48. The number of nitrogens with zero attached hydrogens (tertiary/aromatic N) is 1. The third kappa shape index (κ3) is 5.60. The molecule has 0 aliphatic rings. The van der Waals surface area contributed by atoms with Crippen LogP contribution in [0.5, 0.6) is 0 Å². The normalized spacial score (nSPS) is 11.2. The summed E-state index contributed by atoms with van der Waals surface area (Å²) >= 11 is 0. The van der Waals surface area contributed by atoms with Crippen molar-refractivity contribution in [3.05, 3.63) is 29.8 Å². The summed E-state index contributed by atoms with van der Waals surface area (Å²) < 4.78 is 0. The van der Waals surface area contributed by atoms with Crippen LogP contribution in [0.15, 0.2) is 29.4 Å². The van der Waals surface area contributed by atoms with Crippen LogP contribution in [0.2, 0.25) is 0 Å². The van der Waals surface area contributed by atoms with E-state index in [9.17, 15) is 4.79 Å². The van der Waals surface area contributed by atoms with Crippen molar-refractivity contribution < 1.29 is 10.0 Å². The Labute approximate surface area is 119 Å². The molecule has 0 bridgehead atoms. The van der Waals surface area contributed by atoms with Crippen molar-refractivity contribution in [3.8, 4) is 0 Å². The highest BCUT2D eigenvalue weighted by Gasteiger charge is 2.02. The molecule has 1 aromatic carbocycles. The van der Waals surface area contributed by atoms with Crippen LogP contribution >= 0.6 is 0 Å². The zero-order valence-electron chi connectivity index (χ0n) is 11.7. The van der Waals surface area contributed by atoms with E-state index in [0.717, 1.165) is 12.8 Å². The number of carbonyl (C=O) groups excluding carboxylic acids is 1. The summed E-state index contributed by atoms with van der Waals surface area (Å²) in [6, 6.07) is 6.52. The monoisotopic (exact) mass is 278 g/mol. The first-order valence-electron chi connectivity index (χ1n) is 6.80. The van der Waals surface area contributed by atoms with Gasteiger partial charge in [-0.15, -0.1) is 0 Å². The molecule has 110 valence electrons. The number of nitrogens with two attached hydrogens (primary N) is 1. The molecule has 0 fully saturated rings. The van der Waals surface area contributed by atoms with Gasteiger partial charge in [0, 0.05) is 17.8 Å². The number of hydrogen-bond donors (Lipinski definition) is 4. The Morgan fingerprint density at radius 1 is 1.25 bits per heavy atom. The third-order valence-corrected chi connectivity index (χ3v) is 2.86. The Kier molecular flexibility index (Phi) is 6.95. The molecule has 2 amide bonds. The lowest BCUT2D eigenvalue weighted by Crippen LogP contribution is -2.29. The Bertz CT molecular complexity index is 443. The number of hydrogen-bond acceptors (Lipinski definition) is 3. The standard InChI is InChI=1S/C14H22N4O2/c1-2-3-4-5-10-16-14(19)17-12-8-6-11(7-9-12)13(15)18-20/h6-9,20H,2-5,10H2,1H3,(H2,15,18)(H2,16,17,19). The Hall–Kier alpha value is -2.24. The second kappa shape index (κ2) is 8.79. The van der Waals surface area contributed by atoms with Crippen LogP contribution in [0, 0.1) is 0 Å². The SMILES string of the molecule is CCCCCCNC(=O)Nc1ccc(/C(N)=N/O)cc1. The van der Waals surface area contributed by atoms with Gasteiger partial charge in [0.15, 0.2) is 5.84 Å². The van der Waals surface area contributed by atoms with Crippen LogP contribution in [0.4, 0.5) is 10.5 Å². The van der Waals surface area contributed by atoms with Gasteiger partial charge in [-0.25, -0.2) is 4.79 Å². The number of amidine groups is 1. The highest BCUT2D eigenvalue weighted by atomic mass is 16.4. The van der Waals surface area contributed by atoms with Crippen molar-refractivity contribution >= 4 is 17.6 Å². The number of benzene rings is 1. The number of oxime groups is 1. The molecule has 20 heavy (non-hydrogen) atoms. The second-order valence-corrected chi connectivity index (χ2v) is 4.50. The van der Waals surface area contributed by atoms with Crippen molar-refractivity contribution in [2.75, 3.05) is 11.9 Å². The highest BCUT2D eigenvalue weighted by Crippen LogP contribution is 2.09. The first kappa shape index (κ1) is 15.8. The number of carbonyl (C=O) groups is 1. The van der Waals surface area contributed by atoms with E-state index in [1.54, 1.807) is 24.3 Å². The van der Waals surface area contributed by atoms with E-state index >= 15 is 0 Å². The molecule has 0 spiro atoms. The van der Waals surface area contributed by atoms with Gasteiger partial charge in [-0.1, -0.05) is 31.3 Å². The molecule has 0 saturated carbocycles. The smallest absolute Gasteiger partial charge is 0.319 e. The molecule has 0 saturated heterocycles. The lowest BCUT2D eigenvalue weighted by atomic mass is 10.2. The minimum atomic E-state index is -0.224. The summed E-state index contributed by atoms with van der Waals surface area (Å²) in [5.74, 6) is 0.0388. The second-order valence-electron chi connectivity index (χ2n) is 4.50. The van der Waals surface area contributed by atoms with Crippen molar-refractivity contribution in [3.63, 3.8) is 0 Å². The van der Waals surface area contributed by atoms with Crippen molar-refractivity contribution in [1.29, 1.82) is 0 Å². The van der Waals surface area contributed by atoms with E-state index in [2.05, 4.69) is 22.7 Å². The third-order valence-electron chi connectivity index (χ3n) is 2.86. The van der Waals surface area contributed by atoms with E-state index in [1.165, 1.54) is 12.8 Å². The first-order valence-corrected chi connectivity index (χ1v) is 6.80. The van der Waals surface area contributed by atoms with Crippen LogP contribution in [-0.4, -0.2) is 23.6 Å². The average Bonchev–Trinajstić information content (AvgIpc) is 2.47. The van der Waals surface area contributed by atoms with Crippen LogP contribution in [0.1, 0.15) is 38.2 Å². The Morgan fingerprint density at radius 3 is 2.55 bits per heavy atom. The van der Waals surface area contributed by atoms with Gasteiger partial charge >= 0.3 is 6.03 Å². The Morgan fingerprint density at radius 2 is 1.95 bits per heavy atom. The fraction of sp³-hybridized carbons (Fsp3) is 0.429. The molecule has 0 unspecified atom stereocenters. The van der Waals surface area contributed by atoms with Crippen LogP contribution < -0.4 is 16.4 Å². The van der Waals surface area contributed by atoms with Crippen molar-refractivity contribution in [1.82, 2.24) is 5.32 Å². The maximum absolute atomic E-state index is 11.6. The minimum Gasteiger partial charge on any atom is -0.409 e. The first-order chi connectivity index (χ1) is 9.67. The van der Waals surface area contributed by atoms with Gasteiger partial charge in [0.05, 0.1) is 0 Å². The molecule has 0 aromatic heterocycles. The summed E-state index contributed by atoms with van der Waals surface area (Å²) in [6.07, 6.45) is 4.49. The molecule has 0 heterocycles. The molecule has 6 heteroatoms. The number of rotatable bonds is 7. The fourth-order valence-electron chi connectivity index (χ4n) is 1.71. The maximum atomic E-state index is 11.6. The lowest BCUT2D eigenvalue weighted by molar-refractivity contribution is 0.252. The number of amides is 2.